The lowest BCUT2D eigenvalue weighted by atomic mass is 10.1. The number of sulfonamides is 1. The third kappa shape index (κ3) is 4.69. The third-order valence-corrected chi connectivity index (χ3v) is 5.74. The molecule has 2 rings (SSSR count). The van der Waals surface area contributed by atoms with Crippen LogP contribution in [-0.2, 0) is 10.0 Å². The lowest BCUT2D eigenvalue weighted by Gasteiger charge is -2.24. The summed E-state index contributed by atoms with van der Waals surface area (Å²) in [5, 5.41) is 5.69. The summed E-state index contributed by atoms with van der Waals surface area (Å²) in [6, 6.07) is 10.3. The molecule has 0 aliphatic rings. The molecule has 0 heterocycles. The van der Waals surface area contributed by atoms with Gasteiger partial charge in [0.25, 0.3) is 0 Å². The average Bonchev–Trinajstić information content (AvgIpc) is 2.65. The number of alkyl halides is 3. The molecule has 0 N–H and O–H groups in total. The number of hydrogen-bond acceptors (Lipinski definition) is 4. The molecule has 29 heavy (non-hydrogen) atoms. The number of halogens is 4. The Balaban J connectivity index is 2.58. The smallest absolute Gasteiger partial charge is 0.265 e. The molecule has 0 saturated carbocycles. The van der Waals surface area contributed by atoms with E-state index >= 15 is 0 Å². The second-order valence-corrected chi connectivity index (χ2v) is 8.25. The normalized spacial score (nSPS) is 12.8. The van der Waals surface area contributed by atoms with E-state index < -0.39 is 21.3 Å². The van der Waals surface area contributed by atoms with Crippen LogP contribution in [0.4, 0.5) is 28.9 Å². The van der Waals surface area contributed by atoms with E-state index in [9.17, 15) is 26.0 Å². The number of aryl methyl sites for hydroxylation is 1. The lowest BCUT2D eigenvalue weighted by Crippen LogP contribution is -2.38. The first-order valence-corrected chi connectivity index (χ1v) is 10.1. The first-order chi connectivity index (χ1) is 13.4. The number of benzene rings is 2. The number of hydrogen-bond donors (Lipinski definition) is 0. The van der Waals surface area contributed by atoms with Gasteiger partial charge >= 0.3 is 15.5 Å². The molecular formula is C19H21F4N3O2S. The van der Waals surface area contributed by atoms with Gasteiger partial charge in [0.2, 0.25) is 0 Å². The van der Waals surface area contributed by atoms with Crippen molar-refractivity contribution in [3.63, 3.8) is 0 Å². The minimum absolute atomic E-state index is 0.181. The molecule has 2 aromatic rings. The predicted molar refractivity (Wildman–Crippen MR) is 106 cm³/mol. The van der Waals surface area contributed by atoms with Crippen LogP contribution < -0.4 is 9.31 Å². The molecule has 10 heteroatoms. The van der Waals surface area contributed by atoms with Crippen LogP contribution in [-0.4, -0.2) is 33.2 Å². The Morgan fingerprint density at radius 1 is 1.10 bits per heavy atom. The largest absolute Gasteiger partial charge is 0.516 e. The van der Waals surface area contributed by atoms with Gasteiger partial charge in [-0.05, 0) is 45.0 Å². The van der Waals surface area contributed by atoms with Crippen molar-refractivity contribution in [1.29, 1.82) is 0 Å². The van der Waals surface area contributed by atoms with Crippen LogP contribution in [0, 0.1) is 12.7 Å². The minimum atomic E-state index is -5.59. The maximum Gasteiger partial charge on any atom is 0.516 e. The SMILES string of the molecule is CCN(/N=C(\C)c1cc(C)ccc1N(C)S(=O)(=O)C(F)(F)F)c1ccccc1F. The van der Waals surface area contributed by atoms with Gasteiger partial charge < -0.3 is 0 Å². The maximum absolute atomic E-state index is 14.1. The fraction of sp³-hybridized carbons (Fsp3) is 0.316. The molecule has 158 valence electrons. The van der Waals surface area contributed by atoms with Crippen molar-refractivity contribution in [2.75, 3.05) is 22.9 Å². The number of rotatable bonds is 6. The van der Waals surface area contributed by atoms with Gasteiger partial charge in [-0.15, -0.1) is 0 Å². The molecule has 0 aliphatic heterocycles. The second-order valence-electron chi connectivity index (χ2n) is 6.29. The van der Waals surface area contributed by atoms with E-state index in [0.717, 1.165) is 7.05 Å². The first kappa shape index (κ1) is 22.7. The van der Waals surface area contributed by atoms with Crippen molar-refractivity contribution in [1.82, 2.24) is 0 Å². The van der Waals surface area contributed by atoms with Crippen LogP contribution >= 0.6 is 0 Å². The molecule has 5 nitrogen and oxygen atoms in total. The van der Waals surface area contributed by atoms with E-state index in [1.165, 1.54) is 48.3 Å². The van der Waals surface area contributed by atoms with Crippen molar-refractivity contribution in [3.8, 4) is 0 Å². The Hall–Kier alpha value is -2.62. The monoisotopic (exact) mass is 431 g/mol. The summed E-state index contributed by atoms with van der Waals surface area (Å²) in [6.07, 6.45) is 0. The van der Waals surface area contributed by atoms with Gasteiger partial charge in [0, 0.05) is 19.2 Å². The second kappa shape index (κ2) is 8.40. The standard InChI is InChI=1S/C19H21F4N3O2S/c1-5-26(18-9-7-6-8-16(18)20)24-14(3)15-12-13(2)10-11-17(15)25(4)29(27,28)19(21,22)23/h6-12H,5H2,1-4H3/b24-14+. The summed E-state index contributed by atoms with van der Waals surface area (Å²) in [5.74, 6) is -0.507. The van der Waals surface area contributed by atoms with Crippen molar-refractivity contribution in [3.05, 3.63) is 59.4 Å². The Labute approximate surface area is 167 Å². The molecule has 0 fully saturated rings. The summed E-state index contributed by atoms with van der Waals surface area (Å²) in [7, 11) is -4.75. The Morgan fingerprint density at radius 2 is 1.72 bits per heavy atom. The molecule has 2 aromatic carbocycles. The molecule has 0 atom stereocenters. The molecule has 0 spiro atoms. The average molecular weight is 431 g/mol. The van der Waals surface area contributed by atoms with Gasteiger partial charge in [-0.1, -0.05) is 23.8 Å². The van der Waals surface area contributed by atoms with Crippen LogP contribution in [0.5, 0.6) is 0 Å². The summed E-state index contributed by atoms with van der Waals surface area (Å²) in [5.41, 5.74) is -4.31. The van der Waals surface area contributed by atoms with E-state index in [0.29, 0.717) is 5.56 Å². The third-order valence-electron chi connectivity index (χ3n) is 4.23. The fourth-order valence-corrected chi connectivity index (χ4v) is 3.42. The highest BCUT2D eigenvalue weighted by Crippen LogP contribution is 2.32. The summed E-state index contributed by atoms with van der Waals surface area (Å²) >= 11 is 0. The van der Waals surface area contributed by atoms with E-state index in [-0.39, 0.29) is 33.5 Å². The van der Waals surface area contributed by atoms with Crippen LogP contribution in [0.15, 0.2) is 47.6 Å². The highest BCUT2D eigenvalue weighted by Gasteiger charge is 2.49. The van der Waals surface area contributed by atoms with E-state index in [1.807, 2.05) is 0 Å². The van der Waals surface area contributed by atoms with Crippen molar-refractivity contribution in [2.45, 2.75) is 26.3 Å². The topological polar surface area (TPSA) is 53.0 Å². The van der Waals surface area contributed by atoms with Crippen LogP contribution in [0.1, 0.15) is 25.0 Å². The van der Waals surface area contributed by atoms with Crippen LogP contribution in [0.2, 0.25) is 0 Å². The highest BCUT2D eigenvalue weighted by molar-refractivity contribution is 7.93. The number of anilines is 2. The molecular weight excluding hydrogens is 410 g/mol. The zero-order chi connectivity index (χ0) is 22.0. The molecule has 0 radical (unpaired) electrons. The van der Waals surface area contributed by atoms with Crippen LogP contribution in [0.3, 0.4) is 0 Å². The van der Waals surface area contributed by atoms with Crippen molar-refractivity contribution >= 4 is 27.1 Å². The van der Waals surface area contributed by atoms with Gasteiger partial charge in [-0.2, -0.15) is 26.7 Å². The van der Waals surface area contributed by atoms with E-state index in [4.69, 9.17) is 0 Å². The molecule has 0 aliphatic carbocycles. The van der Waals surface area contributed by atoms with Gasteiger partial charge in [0.1, 0.15) is 5.82 Å². The fourth-order valence-electron chi connectivity index (χ4n) is 2.69. The van der Waals surface area contributed by atoms with Gasteiger partial charge in [-0.3, -0.25) is 9.31 Å². The summed E-state index contributed by atoms with van der Waals surface area (Å²) in [4.78, 5) is 0. The van der Waals surface area contributed by atoms with Crippen molar-refractivity contribution < 1.29 is 26.0 Å². The van der Waals surface area contributed by atoms with Crippen LogP contribution in [0.25, 0.3) is 0 Å². The number of para-hydroxylation sites is 1. The van der Waals surface area contributed by atoms with E-state index in [2.05, 4.69) is 5.10 Å². The molecule has 0 unspecified atom stereocenters. The molecule has 0 aromatic heterocycles. The summed E-state index contributed by atoms with van der Waals surface area (Å²) < 4.78 is 77.0. The summed E-state index contributed by atoms with van der Waals surface area (Å²) in [6.45, 7) is 5.26. The van der Waals surface area contributed by atoms with E-state index in [1.54, 1.807) is 19.9 Å². The van der Waals surface area contributed by atoms with Gasteiger partial charge in [0.05, 0.1) is 17.1 Å². The number of hydrazone groups is 1. The Bertz CT molecular complexity index is 1020. The maximum atomic E-state index is 14.1. The molecule has 0 saturated heterocycles. The zero-order valence-electron chi connectivity index (χ0n) is 16.3. The Kier molecular flexibility index (Phi) is 6.56. The Morgan fingerprint density at radius 3 is 2.28 bits per heavy atom. The lowest BCUT2D eigenvalue weighted by molar-refractivity contribution is -0.0437. The predicted octanol–water partition coefficient (Wildman–Crippen LogP) is 4.67. The van der Waals surface area contributed by atoms with Gasteiger partial charge in [0.15, 0.2) is 0 Å². The minimum Gasteiger partial charge on any atom is -0.265 e. The molecule has 0 bridgehead atoms. The van der Waals surface area contributed by atoms with Crippen molar-refractivity contribution in [2.24, 2.45) is 5.10 Å². The number of nitrogens with zero attached hydrogens (tertiary/aromatic N) is 3. The quantitative estimate of drug-likeness (QED) is 0.379. The molecule has 0 amide bonds. The van der Waals surface area contributed by atoms with Gasteiger partial charge in [-0.25, -0.2) is 4.39 Å². The first-order valence-electron chi connectivity index (χ1n) is 8.63. The highest BCUT2D eigenvalue weighted by atomic mass is 32.2. The zero-order valence-corrected chi connectivity index (χ0v) is 17.1.